The van der Waals surface area contributed by atoms with E-state index in [1.54, 1.807) is 16.4 Å². The van der Waals surface area contributed by atoms with E-state index in [0.717, 1.165) is 71.4 Å². The molecule has 192 valence electrons. The second kappa shape index (κ2) is 13.0. The minimum atomic E-state index is -3.41. The summed E-state index contributed by atoms with van der Waals surface area (Å²) < 4.78 is 27.5. The van der Waals surface area contributed by atoms with Gasteiger partial charge in [0.2, 0.25) is 15.9 Å². The molecular weight excluding hydrogens is 448 g/mol. The summed E-state index contributed by atoms with van der Waals surface area (Å²) in [5.74, 6) is 0.330. The largest absolute Gasteiger partial charge is 0.343 e. The number of piperazine rings is 1. The van der Waals surface area contributed by atoms with Gasteiger partial charge in [-0.25, -0.2) is 8.42 Å². The van der Waals surface area contributed by atoms with Gasteiger partial charge >= 0.3 is 0 Å². The zero-order chi connectivity index (χ0) is 24.6. The van der Waals surface area contributed by atoms with E-state index in [-0.39, 0.29) is 0 Å². The molecule has 7 nitrogen and oxygen atoms in total. The molecule has 1 unspecified atom stereocenters. The summed E-state index contributed by atoms with van der Waals surface area (Å²) >= 11 is 0. The zero-order valence-corrected chi connectivity index (χ0v) is 22.2. The molecule has 8 heteroatoms. The molecule has 0 radical (unpaired) electrons. The average Bonchev–Trinajstić information content (AvgIpc) is 3.03. The molecule has 1 aromatic carbocycles. The normalized spacial score (nSPS) is 20.0. The fourth-order valence-electron chi connectivity index (χ4n) is 5.03. The van der Waals surface area contributed by atoms with E-state index in [9.17, 15) is 13.2 Å². The first-order valence-electron chi connectivity index (χ1n) is 13.1. The number of amides is 1. The summed E-state index contributed by atoms with van der Waals surface area (Å²) in [6.07, 6.45) is 7.10. The van der Waals surface area contributed by atoms with Crippen LogP contribution in [0.1, 0.15) is 57.9 Å². The van der Waals surface area contributed by atoms with Crippen LogP contribution in [0.25, 0.3) is 0 Å². The highest BCUT2D eigenvalue weighted by molar-refractivity contribution is 7.89. The zero-order valence-electron chi connectivity index (χ0n) is 21.4. The minimum Gasteiger partial charge on any atom is -0.343 e. The monoisotopic (exact) mass is 492 g/mol. The molecule has 0 bridgehead atoms. The maximum Gasteiger partial charge on any atom is 0.243 e. The number of hydrogen-bond acceptors (Lipinski definition) is 5. The summed E-state index contributed by atoms with van der Waals surface area (Å²) in [4.78, 5) is 19.3. The van der Waals surface area contributed by atoms with Gasteiger partial charge in [0, 0.05) is 51.7 Å². The maximum absolute atomic E-state index is 13.0. The predicted molar refractivity (Wildman–Crippen MR) is 137 cm³/mol. The van der Waals surface area contributed by atoms with Crippen LogP contribution in [-0.2, 0) is 21.2 Å². The molecule has 34 heavy (non-hydrogen) atoms. The Hall–Kier alpha value is -1.48. The van der Waals surface area contributed by atoms with Crippen molar-refractivity contribution in [1.82, 2.24) is 19.0 Å². The number of likely N-dealkylation sites (N-methyl/N-ethyl adjacent to an activating group) is 2. The van der Waals surface area contributed by atoms with Crippen molar-refractivity contribution in [1.29, 1.82) is 0 Å². The number of nitrogens with zero attached hydrogens (tertiary/aromatic N) is 4. The van der Waals surface area contributed by atoms with E-state index in [4.69, 9.17) is 0 Å². The third-order valence-corrected chi connectivity index (χ3v) is 9.29. The van der Waals surface area contributed by atoms with E-state index in [0.29, 0.717) is 36.4 Å². The molecule has 2 saturated heterocycles. The van der Waals surface area contributed by atoms with Crippen molar-refractivity contribution in [2.45, 2.75) is 69.7 Å². The molecule has 0 N–H and O–H groups in total. The molecule has 0 aromatic heterocycles. The van der Waals surface area contributed by atoms with Crippen molar-refractivity contribution in [3.05, 3.63) is 29.8 Å². The number of likely N-dealkylation sites (tertiary alicyclic amines) is 1. The number of benzene rings is 1. The van der Waals surface area contributed by atoms with Crippen molar-refractivity contribution in [3.63, 3.8) is 0 Å². The number of sulfonamides is 1. The van der Waals surface area contributed by atoms with Gasteiger partial charge in [0.1, 0.15) is 0 Å². The van der Waals surface area contributed by atoms with E-state index in [1.165, 1.54) is 12.0 Å². The molecule has 2 aliphatic rings. The first-order valence-corrected chi connectivity index (χ1v) is 14.5. The summed E-state index contributed by atoms with van der Waals surface area (Å²) in [6, 6.07) is 7.86. The molecule has 0 saturated carbocycles. The Morgan fingerprint density at radius 3 is 2.35 bits per heavy atom. The Morgan fingerprint density at radius 2 is 1.68 bits per heavy atom. The van der Waals surface area contributed by atoms with Crippen LogP contribution < -0.4 is 0 Å². The van der Waals surface area contributed by atoms with Crippen molar-refractivity contribution < 1.29 is 13.2 Å². The van der Waals surface area contributed by atoms with Crippen molar-refractivity contribution >= 4 is 15.9 Å². The van der Waals surface area contributed by atoms with Crippen LogP contribution in [0.3, 0.4) is 0 Å². The van der Waals surface area contributed by atoms with E-state index < -0.39 is 10.0 Å². The Labute approximate surface area is 207 Å². The van der Waals surface area contributed by atoms with Crippen molar-refractivity contribution in [2.24, 2.45) is 0 Å². The van der Waals surface area contributed by atoms with Crippen LogP contribution in [0.15, 0.2) is 29.2 Å². The topological polar surface area (TPSA) is 64.2 Å². The molecule has 2 heterocycles. The molecule has 0 aliphatic carbocycles. The Balaban J connectivity index is 1.46. The van der Waals surface area contributed by atoms with Crippen LogP contribution in [0.5, 0.6) is 0 Å². The molecule has 1 atom stereocenters. The van der Waals surface area contributed by atoms with Crippen molar-refractivity contribution in [3.8, 4) is 0 Å². The number of hydrogen-bond donors (Lipinski definition) is 0. The Morgan fingerprint density at radius 1 is 0.971 bits per heavy atom. The van der Waals surface area contributed by atoms with E-state index in [2.05, 4.69) is 28.5 Å². The maximum atomic E-state index is 13.0. The Bertz CT molecular complexity index is 867. The first kappa shape index (κ1) is 27.1. The van der Waals surface area contributed by atoms with Gasteiger partial charge in [0.15, 0.2) is 0 Å². The molecule has 1 amide bonds. The third kappa shape index (κ3) is 7.51. The lowest BCUT2D eigenvalue weighted by Crippen LogP contribution is -2.47. The van der Waals surface area contributed by atoms with Gasteiger partial charge in [-0.1, -0.05) is 25.5 Å². The quantitative estimate of drug-likeness (QED) is 0.444. The van der Waals surface area contributed by atoms with Crippen LogP contribution in [-0.4, -0.2) is 98.8 Å². The van der Waals surface area contributed by atoms with Gasteiger partial charge in [0.05, 0.1) is 4.90 Å². The summed E-state index contributed by atoms with van der Waals surface area (Å²) in [5.41, 5.74) is 1.17. The second-order valence-electron chi connectivity index (χ2n) is 9.93. The van der Waals surface area contributed by atoms with Gasteiger partial charge in [-0.15, -0.1) is 0 Å². The lowest BCUT2D eigenvalue weighted by Gasteiger charge is -2.31. The van der Waals surface area contributed by atoms with E-state index >= 15 is 0 Å². The molecule has 0 spiro atoms. The third-order valence-electron chi connectivity index (χ3n) is 7.38. The number of carbonyl (C=O) groups is 1. The lowest BCUT2D eigenvalue weighted by molar-refractivity contribution is -0.130. The van der Waals surface area contributed by atoms with Gasteiger partial charge in [-0.3, -0.25) is 4.79 Å². The second-order valence-corrected chi connectivity index (χ2v) is 11.9. The molecule has 2 fully saturated rings. The highest BCUT2D eigenvalue weighted by atomic mass is 32.2. The van der Waals surface area contributed by atoms with Crippen LogP contribution in [0, 0.1) is 0 Å². The average molecular weight is 493 g/mol. The van der Waals surface area contributed by atoms with Gasteiger partial charge in [-0.05, 0) is 76.9 Å². The predicted octanol–water partition coefficient (Wildman–Crippen LogP) is 3.06. The highest BCUT2D eigenvalue weighted by Gasteiger charge is 2.27. The number of rotatable bonds is 11. The summed E-state index contributed by atoms with van der Waals surface area (Å²) in [5, 5.41) is 0. The summed E-state index contributed by atoms with van der Waals surface area (Å²) in [6.45, 7) is 10.9. The number of unbranched alkanes of at least 4 members (excludes halogenated alkanes) is 1. The smallest absolute Gasteiger partial charge is 0.243 e. The van der Waals surface area contributed by atoms with Crippen LogP contribution in [0.2, 0.25) is 0 Å². The van der Waals surface area contributed by atoms with Gasteiger partial charge in [0.25, 0.3) is 0 Å². The fraction of sp³-hybridized carbons (Fsp3) is 0.731. The minimum absolute atomic E-state index is 0.330. The number of carbonyl (C=O) groups excluding carboxylic acids is 1. The SMILES string of the molecule is CCN(CCCCN1CCCCCC1=O)C(C)Cc1ccc(S(=O)(=O)N2CCN(C)CC2)cc1. The Kier molecular flexibility index (Phi) is 10.4. The molecule has 1 aromatic rings. The van der Waals surface area contributed by atoms with E-state index in [1.807, 2.05) is 19.2 Å². The first-order chi connectivity index (χ1) is 16.3. The fourth-order valence-corrected chi connectivity index (χ4v) is 6.45. The highest BCUT2D eigenvalue weighted by Crippen LogP contribution is 2.19. The summed E-state index contributed by atoms with van der Waals surface area (Å²) in [7, 11) is -1.39. The lowest BCUT2D eigenvalue weighted by atomic mass is 10.1. The molecular formula is C26H44N4O3S. The molecule has 2 aliphatic heterocycles. The van der Waals surface area contributed by atoms with Gasteiger partial charge < -0.3 is 14.7 Å². The van der Waals surface area contributed by atoms with Crippen LogP contribution >= 0.6 is 0 Å². The standard InChI is InChI=1S/C26H44N4O3S/c1-4-28(15-8-9-17-29-16-7-5-6-10-26(29)31)23(2)22-24-11-13-25(14-12-24)34(32,33)30-20-18-27(3)19-21-30/h11-14,23H,4-10,15-22H2,1-3H3. The van der Waals surface area contributed by atoms with Crippen molar-refractivity contribution in [2.75, 3.05) is 59.4 Å². The van der Waals surface area contributed by atoms with Gasteiger partial charge in [-0.2, -0.15) is 4.31 Å². The molecule has 3 rings (SSSR count). The van der Waals surface area contributed by atoms with Crippen LogP contribution in [0.4, 0.5) is 0 Å².